The van der Waals surface area contributed by atoms with Crippen LogP contribution >= 0.6 is 34.8 Å². The molecule has 1 aromatic carbocycles. The van der Waals surface area contributed by atoms with E-state index in [-0.39, 0.29) is 20.0 Å². The van der Waals surface area contributed by atoms with Crippen LogP contribution in [-0.2, 0) is 9.84 Å². The average Bonchev–Trinajstić information content (AvgIpc) is 2.11. The topological polar surface area (TPSA) is 34.1 Å². The fraction of sp³-hybridized carbons (Fsp3) is 0.111. The van der Waals surface area contributed by atoms with Crippen molar-refractivity contribution in [3.05, 3.63) is 27.2 Å². The Morgan fingerprint density at radius 1 is 1.13 bits per heavy atom. The molecule has 0 heterocycles. The van der Waals surface area contributed by atoms with Crippen LogP contribution in [0.1, 0.15) is 0 Å². The number of hydrogen-bond donors (Lipinski definition) is 0. The van der Waals surface area contributed by atoms with Gasteiger partial charge in [0, 0.05) is 0 Å². The lowest BCUT2D eigenvalue weighted by Crippen LogP contribution is -2.05. The van der Waals surface area contributed by atoms with E-state index < -0.39 is 15.6 Å². The van der Waals surface area contributed by atoms with Crippen molar-refractivity contribution < 1.29 is 8.42 Å². The molecule has 80 valence electrons. The summed E-state index contributed by atoms with van der Waals surface area (Å²) < 4.78 is 23.2. The number of terminal acetylenes is 1. The summed E-state index contributed by atoms with van der Waals surface area (Å²) in [6.07, 6.45) is 4.94. The Hall–Kier alpha value is -0.400. The van der Waals surface area contributed by atoms with E-state index in [9.17, 15) is 8.42 Å². The predicted molar refractivity (Wildman–Crippen MR) is 62.4 cm³/mol. The molecule has 0 fully saturated rings. The van der Waals surface area contributed by atoms with Gasteiger partial charge in [0.15, 0.2) is 9.84 Å². The fourth-order valence-corrected chi connectivity index (χ4v) is 2.92. The third-order valence-electron chi connectivity index (χ3n) is 1.58. The van der Waals surface area contributed by atoms with Crippen LogP contribution in [0.15, 0.2) is 17.0 Å². The molecule has 0 atom stereocenters. The summed E-state index contributed by atoms with van der Waals surface area (Å²) in [5, 5.41) is 0.331. The summed E-state index contributed by atoms with van der Waals surface area (Å²) in [5.41, 5.74) is 0. The molecule has 1 rings (SSSR count). The lowest BCUT2D eigenvalue weighted by molar-refractivity contribution is 0.599. The molecule has 0 spiro atoms. The van der Waals surface area contributed by atoms with E-state index in [2.05, 4.69) is 0 Å². The number of sulfone groups is 1. The molecule has 0 saturated heterocycles. The predicted octanol–water partition coefficient (Wildman–Crippen LogP) is 3.05. The molecule has 0 radical (unpaired) electrons. The van der Waals surface area contributed by atoms with Gasteiger partial charge in [-0.25, -0.2) is 8.42 Å². The number of rotatable bonds is 2. The summed E-state index contributed by atoms with van der Waals surface area (Å²) in [6.45, 7) is 0. The Morgan fingerprint density at radius 2 is 1.67 bits per heavy atom. The van der Waals surface area contributed by atoms with Gasteiger partial charge in [0.1, 0.15) is 5.75 Å². The summed E-state index contributed by atoms with van der Waals surface area (Å²) >= 11 is 17.1. The van der Waals surface area contributed by atoms with Crippen LogP contribution in [0.2, 0.25) is 15.1 Å². The number of benzene rings is 1. The third-order valence-corrected chi connectivity index (χ3v) is 4.28. The van der Waals surface area contributed by atoms with Crippen molar-refractivity contribution in [2.45, 2.75) is 4.90 Å². The molecule has 6 heteroatoms. The number of halogens is 3. The van der Waals surface area contributed by atoms with Crippen LogP contribution in [0.5, 0.6) is 0 Å². The molecule has 1 aromatic rings. The van der Waals surface area contributed by atoms with Crippen molar-refractivity contribution in [2.24, 2.45) is 0 Å². The van der Waals surface area contributed by atoms with Crippen molar-refractivity contribution in [3.63, 3.8) is 0 Å². The Balaban J connectivity index is 3.41. The van der Waals surface area contributed by atoms with Crippen LogP contribution in [0.3, 0.4) is 0 Å². The maximum Gasteiger partial charge on any atom is 0.191 e. The highest BCUT2D eigenvalue weighted by Crippen LogP contribution is 2.31. The standard InChI is InChI=1S/C9H5Cl3O2S/c1-2-3-15(13,14)9-5-7(11)6(10)4-8(9)12/h1,4-5H,3H2. The SMILES string of the molecule is C#CCS(=O)(=O)c1cc(Cl)c(Cl)cc1Cl. The molecule has 0 aliphatic heterocycles. The zero-order valence-electron chi connectivity index (χ0n) is 7.30. The lowest BCUT2D eigenvalue weighted by atomic mass is 10.4. The Bertz CT molecular complexity index is 529. The quantitative estimate of drug-likeness (QED) is 0.617. The summed E-state index contributed by atoms with van der Waals surface area (Å²) in [6, 6.07) is 2.47. The number of hydrogen-bond acceptors (Lipinski definition) is 2. The van der Waals surface area contributed by atoms with E-state index in [0.29, 0.717) is 0 Å². The molecule has 0 bridgehead atoms. The second-order valence-corrected chi connectivity index (χ2v) is 5.84. The highest BCUT2D eigenvalue weighted by atomic mass is 35.5. The van der Waals surface area contributed by atoms with Gasteiger partial charge in [-0.1, -0.05) is 40.7 Å². The zero-order chi connectivity index (χ0) is 11.6. The molecular weight excluding hydrogens is 279 g/mol. The van der Waals surface area contributed by atoms with Gasteiger partial charge in [-0.05, 0) is 12.1 Å². The van der Waals surface area contributed by atoms with Crippen molar-refractivity contribution >= 4 is 44.6 Å². The smallest absolute Gasteiger partial charge is 0.191 e. The molecule has 0 aliphatic carbocycles. The minimum atomic E-state index is -3.59. The monoisotopic (exact) mass is 282 g/mol. The second-order valence-electron chi connectivity index (χ2n) is 2.66. The molecule has 2 nitrogen and oxygen atoms in total. The summed E-state index contributed by atoms with van der Waals surface area (Å²) in [5.74, 6) is 1.62. The van der Waals surface area contributed by atoms with Crippen molar-refractivity contribution in [3.8, 4) is 12.3 Å². The van der Waals surface area contributed by atoms with Gasteiger partial charge >= 0.3 is 0 Å². The van der Waals surface area contributed by atoms with Gasteiger partial charge in [0.2, 0.25) is 0 Å². The van der Waals surface area contributed by atoms with Crippen LogP contribution < -0.4 is 0 Å². The van der Waals surface area contributed by atoms with Gasteiger partial charge < -0.3 is 0 Å². The van der Waals surface area contributed by atoms with Gasteiger partial charge in [0.25, 0.3) is 0 Å². The highest BCUT2D eigenvalue weighted by Gasteiger charge is 2.18. The first-order valence-corrected chi connectivity index (χ1v) is 6.48. The van der Waals surface area contributed by atoms with Gasteiger partial charge in [-0.3, -0.25) is 0 Å². The fourth-order valence-electron chi connectivity index (χ4n) is 0.930. The first-order valence-electron chi connectivity index (χ1n) is 3.69. The van der Waals surface area contributed by atoms with Gasteiger partial charge in [-0.2, -0.15) is 0 Å². The van der Waals surface area contributed by atoms with E-state index in [1.807, 2.05) is 5.92 Å². The van der Waals surface area contributed by atoms with Crippen molar-refractivity contribution in [1.82, 2.24) is 0 Å². The second kappa shape index (κ2) is 4.63. The summed E-state index contributed by atoms with van der Waals surface area (Å²) in [4.78, 5) is -0.100. The van der Waals surface area contributed by atoms with Crippen LogP contribution in [0, 0.1) is 12.3 Å². The molecule has 0 aromatic heterocycles. The Labute approximate surface area is 103 Å². The maximum atomic E-state index is 11.6. The van der Waals surface area contributed by atoms with Crippen LogP contribution in [0.4, 0.5) is 0 Å². The molecule has 0 saturated carbocycles. The molecular formula is C9H5Cl3O2S. The van der Waals surface area contributed by atoms with E-state index in [0.717, 1.165) is 0 Å². The molecule has 0 amide bonds. The Kier molecular flexibility index (Phi) is 3.91. The zero-order valence-corrected chi connectivity index (χ0v) is 10.4. The maximum absolute atomic E-state index is 11.6. The van der Waals surface area contributed by atoms with E-state index in [1.165, 1.54) is 12.1 Å². The average molecular weight is 284 g/mol. The molecule has 0 unspecified atom stereocenters. The Morgan fingerprint density at radius 3 is 2.20 bits per heavy atom. The third kappa shape index (κ3) is 2.79. The van der Waals surface area contributed by atoms with E-state index in [1.54, 1.807) is 0 Å². The molecule has 0 N–H and O–H groups in total. The van der Waals surface area contributed by atoms with Crippen LogP contribution in [0.25, 0.3) is 0 Å². The van der Waals surface area contributed by atoms with Crippen molar-refractivity contribution in [1.29, 1.82) is 0 Å². The first-order chi connectivity index (χ1) is 6.88. The first kappa shape index (κ1) is 12.7. The lowest BCUT2D eigenvalue weighted by Gasteiger charge is -2.05. The minimum Gasteiger partial charge on any atom is -0.223 e. The minimum absolute atomic E-state index is 0.0136. The normalized spacial score (nSPS) is 11.1. The van der Waals surface area contributed by atoms with Crippen molar-refractivity contribution in [2.75, 3.05) is 5.75 Å². The van der Waals surface area contributed by atoms with E-state index >= 15 is 0 Å². The molecule has 0 aliphatic rings. The highest BCUT2D eigenvalue weighted by molar-refractivity contribution is 7.91. The van der Waals surface area contributed by atoms with Gasteiger partial charge in [0.05, 0.1) is 20.0 Å². The largest absolute Gasteiger partial charge is 0.223 e. The molecule has 15 heavy (non-hydrogen) atoms. The summed E-state index contributed by atoms with van der Waals surface area (Å²) in [7, 11) is -3.59. The van der Waals surface area contributed by atoms with E-state index in [4.69, 9.17) is 41.2 Å². The van der Waals surface area contributed by atoms with Gasteiger partial charge in [-0.15, -0.1) is 6.42 Å². The van der Waals surface area contributed by atoms with Crippen LogP contribution in [-0.4, -0.2) is 14.2 Å².